The van der Waals surface area contributed by atoms with Crippen LogP contribution in [0.5, 0.6) is 5.75 Å². The van der Waals surface area contributed by atoms with E-state index in [1.165, 1.54) is 19.2 Å². The summed E-state index contributed by atoms with van der Waals surface area (Å²) in [7, 11) is 1.53. The van der Waals surface area contributed by atoms with Crippen molar-refractivity contribution in [2.45, 2.75) is 11.8 Å². The zero-order valence-electron chi connectivity index (χ0n) is 10.9. The minimum absolute atomic E-state index is 0.168. The molecule has 0 fully saturated rings. The third-order valence-electron chi connectivity index (χ3n) is 3.05. The Hall–Kier alpha value is -0.770. The largest absolute Gasteiger partial charge is 0.495 e. The van der Waals surface area contributed by atoms with Crippen LogP contribution in [0.15, 0.2) is 30.3 Å². The molecule has 0 N–H and O–H groups in total. The summed E-state index contributed by atoms with van der Waals surface area (Å²) in [6, 6.07) is 8.08. The molecule has 0 saturated carbocycles. The molecule has 1 atom stereocenters. The molecule has 0 aromatic heterocycles. The Balaban J connectivity index is 2.48. The number of ether oxygens (including phenoxy) is 1. The topological polar surface area (TPSA) is 9.23 Å². The summed E-state index contributed by atoms with van der Waals surface area (Å²) in [4.78, 5) is -0.168. The molecule has 0 aliphatic heterocycles. The van der Waals surface area contributed by atoms with Crippen LogP contribution < -0.4 is 4.74 Å². The molecule has 20 heavy (non-hydrogen) atoms. The number of benzene rings is 2. The highest BCUT2D eigenvalue weighted by Crippen LogP contribution is 2.41. The first-order chi connectivity index (χ1) is 9.43. The van der Waals surface area contributed by atoms with E-state index in [9.17, 15) is 4.39 Å². The normalized spacial score (nSPS) is 12.3. The Labute approximate surface area is 135 Å². The van der Waals surface area contributed by atoms with E-state index in [4.69, 9.17) is 27.9 Å². The standard InChI is InChI=1S/C15H12BrCl2FO/c1-8-5-9(19)3-4-10(8)15(16)11-6-13(18)14(20-2)7-12(11)17/h3-7,15H,1-2H3. The van der Waals surface area contributed by atoms with Crippen LogP contribution in [0.3, 0.4) is 0 Å². The Morgan fingerprint density at radius 3 is 2.40 bits per heavy atom. The molecule has 0 heterocycles. The van der Waals surface area contributed by atoms with Crippen molar-refractivity contribution in [2.75, 3.05) is 7.11 Å². The highest BCUT2D eigenvalue weighted by molar-refractivity contribution is 9.09. The number of methoxy groups -OCH3 is 1. The Kier molecular flexibility index (Phi) is 4.95. The molecule has 2 aromatic carbocycles. The molecule has 1 unspecified atom stereocenters. The van der Waals surface area contributed by atoms with E-state index >= 15 is 0 Å². The summed E-state index contributed by atoms with van der Waals surface area (Å²) < 4.78 is 18.3. The van der Waals surface area contributed by atoms with Gasteiger partial charge in [0.2, 0.25) is 0 Å². The molecule has 0 aliphatic rings. The van der Waals surface area contributed by atoms with Crippen molar-refractivity contribution in [3.63, 3.8) is 0 Å². The van der Waals surface area contributed by atoms with Crippen LogP contribution >= 0.6 is 39.1 Å². The van der Waals surface area contributed by atoms with Gasteiger partial charge in [-0.15, -0.1) is 0 Å². The van der Waals surface area contributed by atoms with E-state index in [2.05, 4.69) is 15.9 Å². The molecule has 0 spiro atoms. The van der Waals surface area contributed by atoms with Gasteiger partial charge in [0.25, 0.3) is 0 Å². The first-order valence-electron chi connectivity index (χ1n) is 5.87. The minimum atomic E-state index is -0.259. The fourth-order valence-electron chi connectivity index (χ4n) is 1.99. The van der Waals surface area contributed by atoms with Gasteiger partial charge in [-0.05, 0) is 41.8 Å². The lowest BCUT2D eigenvalue weighted by atomic mass is 10.00. The summed E-state index contributed by atoms with van der Waals surface area (Å²) in [5, 5.41) is 1.02. The molecule has 2 aromatic rings. The molecule has 0 aliphatic carbocycles. The van der Waals surface area contributed by atoms with Crippen molar-refractivity contribution in [3.05, 3.63) is 62.9 Å². The highest BCUT2D eigenvalue weighted by Gasteiger charge is 2.18. The van der Waals surface area contributed by atoms with Crippen molar-refractivity contribution >= 4 is 39.1 Å². The molecule has 5 heteroatoms. The van der Waals surface area contributed by atoms with Crippen LogP contribution in [0.1, 0.15) is 21.5 Å². The average Bonchev–Trinajstić information content (AvgIpc) is 2.40. The zero-order chi connectivity index (χ0) is 14.9. The maximum absolute atomic E-state index is 13.2. The summed E-state index contributed by atoms with van der Waals surface area (Å²) >= 11 is 16.0. The van der Waals surface area contributed by atoms with Crippen LogP contribution in [0.4, 0.5) is 4.39 Å². The van der Waals surface area contributed by atoms with Crippen molar-refractivity contribution < 1.29 is 9.13 Å². The SMILES string of the molecule is COc1cc(Cl)c(C(Br)c2ccc(F)cc2C)cc1Cl. The van der Waals surface area contributed by atoms with Gasteiger partial charge in [0.15, 0.2) is 0 Å². The van der Waals surface area contributed by atoms with E-state index in [1.54, 1.807) is 18.2 Å². The summed E-state index contributed by atoms with van der Waals surface area (Å²) in [5.41, 5.74) is 2.59. The lowest BCUT2D eigenvalue weighted by Crippen LogP contribution is -1.98. The molecular formula is C15H12BrCl2FO. The monoisotopic (exact) mass is 376 g/mol. The molecule has 0 bridgehead atoms. The van der Waals surface area contributed by atoms with E-state index in [0.29, 0.717) is 15.8 Å². The lowest BCUT2D eigenvalue weighted by Gasteiger charge is -2.16. The summed E-state index contributed by atoms with van der Waals surface area (Å²) in [5.74, 6) is 0.265. The second kappa shape index (κ2) is 6.33. The van der Waals surface area contributed by atoms with Gasteiger partial charge in [-0.2, -0.15) is 0 Å². The van der Waals surface area contributed by atoms with E-state index in [-0.39, 0.29) is 10.6 Å². The Morgan fingerprint density at radius 2 is 1.80 bits per heavy atom. The smallest absolute Gasteiger partial charge is 0.138 e. The second-order valence-corrected chi connectivity index (χ2v) is 6.10. The summed E-state index contributed by atoms with van der Waals surface area (Å²) in [6.45, 7) is 1.85. The third-order valence-corrected chi connectivity index (χ3v) is 4.66. The zero-order valence-corrected chi connectivity index (χ0v) is 14.0. The predicted molar refractivity (Wildman–Crippen MR) is 84.9 cm³/mol. The van der Waals surface area contributed by atoms with Gasteiger partial charge >= 0.3 is 0 Å². The van der Waals surface area contributed by atoms with Crippen molar-refractivity contribution in [1.29, 1.82) is 0 Å². The molecule has 0 amide bonds. The Bertz CT molecular complexity index is 646. The van der Waals surface area contributed by atoms with Gasteiger partial charge in [-0.1, -0.05) is 45.2 Å². The highest BCUT2D eigenvalue weighted by atomic mass is 79.9. The number of alkyl halides is 1. The van der Waals surface area contributed by atoms with Crippen LogP contribution in [0.25, 0.3) is 0 Å². The molecule has 1 nitrogen and oxygen atoms in total. The van der Waals surface area contributed by atoms with Gasteiger partial charge in [-0.25, -0.2) is 4.39 Å². The number of aryl methyl sites for hydroxylation is 1. The van der Waals surface area contributed by atoms with Crippen molar-refractivity contribution in [2.24, 2.45) is 0 Å². The molecule has 0 saturated heterocycles. The third kappa shape index (κ3) is 3.11. The van der Waals surface area contributed by atoms with Gasteiger partial charge < -0.3 is 4.74 Å². The van der Waals surface area contributed by atoms with Gasteiger partial charge in [0.1, 0.15) is 11.6 Å². The number of halogens is 4. The molecule has 106 valence electrons. The molecule has 0 radical (unpaired) electrons. The fourth-order valence-corrected chi connectivity index (χ4v) is 3.52. The minimum Gasteiger partial charge on any atom is -0.495 e. The van der Waals surface area contributed by atoms with Crippen molar-refractivity contribution in [1.82, 2.24) is 0 Å². The Morgan fingerprint density at radius 1 is 1.10 bits per heavy atom. The average molecular weight is 378 g/mol. The summed E-state index contributed by atoms with van der Waals surface area (Å²) in [6.07, 6.45) is 0. The van der Waals surface area contributed by atoms with E-state index in [0.717, 1.165) is 16.7 Å². The van der Waals surface area contributed by atoms with E-state index < -0.39 is 0 Å². The number of hydrogen-bond acceptors (Lipinski definition) is 1. The van der Waals surface area contributed by atoms with Crippen LogP contribution in [0, 0.1) is 12.7 Å². The van der Waals surface area contributed by atoms with E-state index in [1.807, 2.05) is 6.92 Å². The molecular weight excluding hydrogens is 366 g/mol. The fraction of sp³-hybridized carbons (Fsp3) is 0.200. The predicted octanol–water partition coefficient (Wildman–Crippen LogP) is 5.93. The number of hydrogen-bond donors (Lipinski definition) is 0. The first kappa shape index (κ1) is 15.6. The van der Waals surface area contributed by atoms with Crippen LogP contribution in [0.2, 0.25) is 10.0 Å². The second-order valence-electron chi connectivity index (χ2n) is 4.37. The lowest BCUT2D eigenvalue weighted by molar-refractivity contribution is 0.415. The number of rotatable bonds is 3. The molecule has 2 rings (SSSR count). The van der Waals surface area contributed by atoms with Gasteiger partial charge in [0, 0.05) is 11.1 Å². The van der Waals surface area contributed by atoms with Crippen LogP contribution in [-0.4, -0.2) is 7.11 Å². The first-order valence-corrected chi connectivity index (χ1v) is 7.54. The maximum atomic E-state index is 13.2. The van der Waals surface area contributed by atoms with Gasteiger partial charge in [0.05, 0.1) is 17.0 Å². The van der Waals surface area contributed by atoms with Crippen LogP contribution in [-0.2, 0) is 0 Å². The van der Waals surface area contributed by atoms with Crippen molar-refractivity contribution in [3.8, 4) is 5.75 Å². The quantitative estimate of drug-likeness (QED) is 0.602. The maximum Gasteiger partial charge on any atom is 0.138 e. The van der Waals surface area contributed by atoms with Gasteiger partial charge in [-0.3, -0.25) is 0 Å².